The summed E-state index contributed by atoms with van der Waals surface area (Å²) in [6.07, 6.45) is 2.33. The second-order valence-electron chi connectivity index (χ2n) is 4.79. The van der Waals surface area contributed by atoms with E-state index in [9.17, 15) is 8.42 Å². The normalized spacial score (nSPS) is 13.4. The van der Waals surface area contributed by atoms with Gasteiger partial charge in [-0.2, -0.15) is 0 Å². The minimum atomic E-state index is -2.87. The van der Waals surface area contributed by atoms with Gasteiger partial charge in [0, 0.05) is 15.6 Å². The van der Waals surface area contributed by atoms with Crippen LogP contribution < -0.4 is 0 Å². The van der Waals surface area contributed by atoms with E-state index in [0.29, 0.717) is 23.8 Å². The third-order valence-electron chi connectivity index (χ3n) is 2.98. The first-order chi connectivity index (χ1) is 8.96. The monoisotopic (exact) mass is 410 g/mol. The number of alkyl halides is 1. The fourth-order valence-corrected chi connectivity index (χ4v) is 4.51. The first-order valence-corrected chi connectivity index (χ1v) is 10.2. The van der Waals surface area contributed by atoms with Crippen LogP contribution in [0.4, 0.5) is 0 Å². The van der Waals surface area contributed by atoms with E-state index < -0.39 is 9.84 Å². The molecule has 1 unspecified atom stereocenters. The second-order valence-corrected chi connectivity index (χ2v) is 8.66. The average Bonchev–Trinajstić information content (AvgIpc) is 2.34. The summed E-state index contributed by atoms with van der Waals surface area (Å²) >= 11 is 6.95. The Morgan fingerprint density at radius 2 is 2.00 bits per heavy atom. The van der Waals surface area contributed by atoms with Crippen LogP contribution in [0.25, 0.3) is 0 Å². The summed E-state index contributed by atoms with van der Waals surface area (Å²) in [4.78, 5) is 0. The molecule has 0 saturated carbocycles. The maximum Gasteiger partial charge on any atom is 0.150 e. The molecule has 0 heterocycles. The van der Waals surface area contributed by atoms with Crippen molar-refractivity contribution in [1.82, 2.24) is 0 Å². The zero-order chi connectivity index (χ0) is 14.3. The van der Waals surface area contributed by atoms with Crippen LogP contribution in [0.5, 0.6) is 0 Å². The topological polar surface area (TPSA) is 34.1 Å². The van der Waals surface area contributed by atoms with E-state index in [4.69, 9.17) is 0 Å². The van der Waals surface area contributed by atoms with E-state index in [0.717, 1.165) is 22.6 Å². The largest absolute Gasteiger partial charge is 0.229 e. The molecule has 0 spiro atoms. The Bertz CT molecular complexity index is 486. The van der Waals surface area contributed by atoms with E-state index in [1.54, 1.807) is 0 Å². The number of halogens is 2. The van der Waals surface area contributed by atoms with Gasteiger partial charge in [0.2, 0.25) is 0 Å². The molecule has 0 aliphatic heterocycles. The van der Waals surface area contributed by atoms with Crippen LogP contribution in [-0.2, 0) is 16.3 Å². The maximum atomic E-state index is 11.7. The molecule has 2 nitrogen and oxygen atoms in total. The van der Waals surface area contributed by atoms with Crippen molar-refractivity contribution in [2.75, 3.05) is 16.8 Å². The quantitative estimate of drug-likeness (QED) is 0.600. The van der Waals surface area contributed by atoms with Gasteiger partial charge in [-0.05, 0) is 42.9 Å². The van der Waals surface area contributed by atoms with Crippen LogP contribution in [0.3, 0.4) is 0 Å². The molecule has 0 fully saturated rings. The van der Waals surface area contributed by atoms with Gasteiger partial charge >= 0.3 is 0 Å². The molecule has 5 heteroatoms. The Kier molecular flexibility index (Phi) is 7.62. The first-order valence-electron chi connectivity index (χ1n) is 6.47. The lowest BCUT2D eigenvalue weighted by atomic mass is 9.99. The highest BCUT2D eigenvalue weighted by Crippen LogP contribution is 2.19. The van der Waals surface area contributed by atoms with Crippen molar-refractivity contribution < 1.29 is 8.42 Å². The van der Waals surface area contributed by atoms with Gasteiger partial charge in [0.15, 0.2) is 0 Å². The highest BCUT2D eigenvalue weighted by Gasteiger charge is 2.15. The molecule has 0 aliphatic carbocycles. The molecule has 0 aliphatic rings. The van der Waals surface area contributed by atoms with E-state index in [2.05, 4.69) is 44.0 Å². The number of benzene rings is 1. The predicted octanol–water partition coefficient (Wildman–Crippen LogP) is 4.22. The molecule has 19 heavy (non-hydrogen) atoms. The van der Waals surface area contributed by atoms with Gasteiger partial charge in [0.05, 0.1) is 5.75 Å². The lowest BCUT2D eigenvalue weighted by Gasteiger charge is -2.14. The summed E-state index contributed by atoms with van der Waals surface area (Å²) in [5.41, 5.74) is 1.24. The third-order valence-corrected chi connectivity index (χ3v) is 6.28. The van der Waals surface area contributed by atoms with Gasteiger partial charge < -0.3 is 0 Å². The molecule has 1 atom stereocenters. The molecule has 1 rings (SSSR count). The van der Waals surface area contributed by atoms with Gasteiger partial charge in [-0.1, -0.05) is 50.9 Å². The minimum Gasteiger partial charge on any atom is -0.229 e. The molecule has 0 radical (unpaired) electrons. The van der Waals surface area contributed by atoms with Crippen molar-refractivity contribution in [1.29, 1.82) is 0 Å². The average molecular weight is 412 g/mol. The summed E-state index contributed by atoms with van der Waals surface area (Å²) in [7, 11) is -2.87. The number of rotatable bonds is 8. The van der Waals surface area contributed by atoms with Crippen LogP contribution in [0.1, 0.15) is 25.3 Å². The Morgan fingerprint density at radius 1 is 1.26 bits per heavy atom. The number of sulfone groups is 1. The molecule has 0 bridgehead atoms. The number of hydrogen-bond acceptors (Lipinski definition) is 2. The third kappa shape index (κ3) is 6.91. The molecule has 0 N–H and O–H groups in total. The van der Waals surface area contributed by atoms with Crippen molar-refractivity contribution >= 4 is 41.7 Å². The van der Waals surface area contributed by atoms with Crippen molar-refractivity contribution in [3.63, 3.8) is 0 Å². The van der Waals surface area contributed by atoms with Gasteiger partial charge in [0.25, 0.3) is 0 Å². The number of hydrogen-bond donors (Lipinski definition) is 0. The SMILES string of the molecule is CCCS(=O)(=O)CCC(CBr)Cc1cccc(Br)c1. The van der Waals surface area contributed by atoms with Gasteiger partial charge in [-0.3, -0.25) is 0 Å². The summed E-state index contributed by atoms with van der Waals surface area (Å²) in [5, 5.41) is 0.834. The predicted molar refractivity (Wildman–Crippen MR) is 88.7 cm³/mol. The zero-order valence-corrected chi connectivity index (χ0v) is 15.1. The smallest absolute Gasteiger partial charge is 0.150 e. The fraction of sp³-hybridized carbons (Fsp3) is 0.571. The van der Waals surface area contributed by atoms with Crippen LogP contribution >= 0.6 is 31.9 Å². The molecule has 0 saturated heterocycles. The summed E-state index contributed by atoms with van der Waals surface area (Å²) in [6, 6.07) is 8.19. The second kappa shape index (κ2) is 8.42. The van der Waals surface area contributed by atoms with E-state index in [1.165, 1.54) is 5.56 Å². The van der Waals surface area contributed by atoms with E-state index in [-0.39, 0.29) is 0 Å². The Morgan fingerprint density at radius 3 is 2.58 bits per heavy atom. The van der Waals surface area contributed by atoms with Crippen molar-refractivity contribution in [2.24, 2.45) is 5.92 Å². The standard InChI is InChI=1S/C14H20Br2O2S/c1-2-7-19(17,18)8-6-13(11-15)9-12-4-3-5-14(16)10-12/h3-5,10,13H,2,6-9,11H2,1H3. The molecule has 0 aromatic heterocycles. The van der Waals surface area contributed by atoms with Crippen molar-refractivity contribution in [3.8, 4) is 0 Å². The highest BCUT2D eigenvalue weighted by molar-refractivity contribution is 9.10. The summed E-state index contributed by atoms with van der Waals surface area (Å²) in [5.74, 6) is 0.963. The molecule has 108 valence electrons. The summed E-state index contributed by atoms with van der Waals surface area (Å²) < 4.78 is 24.5. The minimum absolute atomic E-state index is 0.297. The van der Waals surface area contributed by atoms with E-state index >= 15 is 0 Å². The Labute approximate surface area is 133 Å². The molecule has 1 aromatic carbocycles. The maximum absolute atomic E-state index is 11.7. The van der Waals surface area contributed by atoms with Gasteiger partial charge in [-0.25, -0.2) is 8.42 Å². The van der Waals surface area contributed by atoms with Crippen LogP contribution in [0, 0.1) is 5.92 Å². The van der Waals surface area contributed by atoms with Crippen molar-refractivity contribution in [3.05, 3.63) is 34.3 Å². The molecular formula is C14H20Br2O2S. The van der Waals surface area contributed by atoms with Crippen LogP contribution in [-0.4, -0.2) is 25.3 Å². The Hall–Kier alpha value is 0.130. The summed E-state index contributed by atoms with van der Waals surface area (Å²) in [6.45, 7) is 1.90. The molecule has 0 amide bonds. The lowest BCUT2D eigenvalue weighted by molar-refractivity contribution is 0.551. The highest BCUT2D eigenvalue weighted by atomic mass is 79.9. The molecular weight excluding hydrogens is 392 g/mol. The first kappa shape index (κ1) is 17.2. The van der Waals surface area contributed by atoms with Crippen molar-refractivity contribution in [2.45, 2.75) is 26.2 Å². The van der Waals surface area contributed by atoms with Crippen LogP contribution in [0.15, 0.2) is 28.7 Å². The fourth-order valence-electron chi connectivity index (χ4n) is 1.99. The van der Waals surface area contributed by atoms with E-state index in [1.807, 2.05) is 19.1 Å². The zero-order valence-electron chi connectivity index (χ0n) is 11.1. The molecule has 1 aromatic rings. The van der Waals surface area contributed by atoms with Gasteiger partial charge in [-0.15, -0.1) is 0 Å². The lowest BCUT2D eigenvalue weighted by Crippen LogP contribution is -2.16. The Balaban J connectivity index is 2.55. The van der Waals surface area contributed by atoms with Gasteiger partial charge in [0.1, 0.15) is 9.84 Å². The van der Waals surface area contributed by atoms with Crippen LogP contribution in [0.2, 0.25) is 0 Å².